The van der Waals surface area contributed by atoms with Crippen molar-refractivity contribution in [3.8, 4) is 0 Å². The summed E-state index contributed by atoms with van der Waals surface area (Å²) in [7, 11) is 0. The third-order valence-electron chi connectivity index (χ3n) is 6.48. The fraction of sp³-hybridized carbons (Fsp3) is 0.346. The Labute approximate surface area is 204 Å². The van der Waals surface area contributed by atoms with E-state index in [1.807, 2.05) is 23.7 Å². The number of aromatic nitrogens is 3. The van der Waals surface area contributed by atoms with Crippen LogP contribution in [0.15, 0.2) is 60.1 Å². The third kappa shape index (κ3) is 4.83. The summed E-state index contributed by atoms with van der Waals surface area (Å²) in [5.41, 5.74) is 3.49. The van der Waals surface area contributed by atoms with Gasteiger partial charge in [0, 0.05) is 55.0 Å². The van der Waals surface area contributed by atoms with Crippen molar-refractivity contribution in [3.05, 3.63) is 76.2 Å². The number of piperazine rings is 1. The lowest BCUT2D eigenvalue weighted by molar-refractivity contribution is 0.0936. The van der Waals surface area contributed by atoms with Crippen molar-refractivity contribution < 1.29 is 4.79 Å². The van der Waals surface area contributed by atoms with E-state index in [-0.39, 0.29) is 11.9 Å². The Morgan fingerprint density at radius 1 is 1.12 bits per heavy atom. The highest BCUT2D eigenvalue weighted by molar-refractivity contribution is 7.09. The average Bonchev–Trinajstić information content (AvgIpc) is 3.53. The van der Waals surface area contributed by atoms with Gasteiger partial charge in [-0.15, -0.1) is 11.3 Å². The van der Waals surface area contributed by atoms with Crippen LogP contribution in [0.5, 0.6) is 0 Å². The molecule has 0 spiro atoms. The second-order valence-corrected chi connectivity index (χ2v) is 9.88. The van der Waals surface area contributed by atoms with Gasteiger partial charge in [0.1, 0.15) is 0 Å². The molecule has 4 heterocycles. The molecule has 1 aliphatic rings. The topological polar surface area (TPSA) is 66.3 Å². The molecule has 176 valence electrons. The van der Waals surface area contributed by atoms with Crippen molar-refractivity contribution in [1.82, 2.24) is 25.0 Å². The van der Waals surface area contributed by atoms with Crippen LogP contribution in [0.2, 0.25) is 0 Å². The summed E-state index contributed by atoms with van der Waals surface area (Å²) in [6.45, 7) is 9.34. The number of nitrogens with one attached hydrogen (secondary N) is 1. The van der Waals surface area contributed by atoms with E-state index in [0.29, 0.717) is 18.7 Å². The second kappa shape index (κ2) is 9.95. The molecule has 4 aromatic rings. The largest absolute Gasteiger partial charge is 0.369 e. The Bertz CT molecular complexity index is 1250. The Hall–Kier alpha value is -3.23. The Morgan fingerprint density at radius 3 is 2.65 bits per heavy atom. The van der Waals surface area contributed by atoms with Crippen LogP contribution in [0.1, 0.15) is 27.9 Å². The number of rotatable bonds is 7. The standard InChI is InChI=1S/C26H30N6OS/c1-19-15-23(24-17-28-32(25(24)29-19)18-22-9-6-14-34-22)26(33)27-16-20(2)30-10-12-31(13-11-30)21-7-4-3-5-8-21/h3-9,14-15,17,20H,10-13,16,18H2,1-2H3,(H,27,33). The number of anilines is 1. The zero-order valence-electron chi connectivity index (χ0n) is 19.6. The lowest BCUT2D eigenvalue weighted by Gasteiger charge is -2.39. The molecule has 0 bridgehead atoms. The van der Waals surface area contributed by atoms with Crippen LogP contribution in [0.25, 0.3) is 11.0 Å². The summed E-state index contributed by atoms with van der Waals surface area (Å²) in [5.74, 6) is -0.0686. The fourth-order valence-electron chi connectivity index (χ4n) is 4.55. The lowest BCUT2D eigenvalue weighted by Crippen LogP contribution is -2.52. The number of pyridine rings is 1. The van der Waals surface area contributed by atoms with Crippen LogP contribution in [0.4, 0.5) is 5.69 Å². The molecule has 1 atom stereocenters. The van der Waals surface area contributed by atoms with E-state index >= 15 is 0 Å². The molecular weight excluding hydrogens is 444 g/mol. The number of thiophene rings is 1. The van der Waals surface area contributed by atoms with E-state index in [2.05, 4.69) is 73.9 Å². The molecule has 0 saturated carbocycles. The van der Waals surface area contributed by atoms with E-state index in [0.717, 1.165) is 42.9 Å². The van der Waals surface area contributed by atoms with Gasteiger partial charge in [0.05, 0.1) is 23.7 Å². The molecule has 1 fully saturated rings. The molecule has 0 radical (unpaired) electrons. The minimum absolute atomic E-state index is 0.0686. The Balaban J connectivity index is 1.21. The van der Waals surface area contributed by atoms with Gasteiger partial charge in [-0.3, -0.25) is 9.69 Å². The van der Waals surface area contributed by atoms with Gasteiger partial charge in [-0.05, 0) is 43.5 Å². The lowest BCUT2D eigenvalue weighted by atomic mass is 10.1. The number of benzene rings is 1. The fourth-order valence-corrected chi connectivity index (χ4v) is 5.24. The highest BCUT2D eigenvalue weighted by atomic mass is 32.1. The summed E-state index contributed by atoms with van der Waals surface area (Å²) in [4.78, 5) is 23.9. The summed E-state index contributed by atoms with van der Waals surface area (Å²) < 4.78 is 1.87. The van der Waals surface area contributed by atoms with Crippen LogP contribution in [-0.2, 0) is 6.54 Å². The molecule has 5 rings (SSSR count). The van der Waals surface area contributed by atoms with E-state index in [1.165, 1.54) is 10.6 Å². The van der Waals surface area contributed by atoms with E-state index in [4.69, 9.17) is 0 Å². The van der Waals surface area contributed by atoms with Gasteiger partial charge in [0.25, 0.3) is 5.91 Å². The predicted octanol–water partition coefficient (Wildman–Crippen LogP) is 3.79. The number of fused-ring (bicyclic) bond motifs is 1. The first-order valence-electron chi connectivity index (χ1n) is 11.8. The zero-order valence-corrected chi connectivity index (χ0v) is 20.5. The SMILES string of the molecule is Cc1cc(C(=O)NCC(C)N2CCN(c3ccccc3)CC2)c2cnn(Cc3cccs3)c2n1. The van der Waals surface area contributed by atoms with Crippen LogP contribution in [0.3, 0.4) is 0 Å². The van der Waals surface area contributed by atoms with Gasteiger partial charge >= 0.3 is 0 Å². The average molecular weight is 475 g/mol. The second-order valence-electron chi connectivity index (χ2n) is 8.85. The van der Waals surface area contributed by atoms with Gasteiger partial charge in [-0.1, -0.05) is 24.3 Å². The maximum absolute atomic E-state index is 13.2. The Morgan fingerprint density at radius 2 is 1.91 bits per heavy atom. The minimum atomic E-state index is -0.0686. The number of aryl methyl sites for hydroxylation is 1. The van der Waals surface area contributed by atoms with Crippen molar-refractivity contribution in [3.63, 3.8) is 0 Å². The van der Waals surface area contributed by atoms with Gasteiger partial charge in [-0.2, -0.15) is 5.10 Å². The first kappa shape index (κ1) is 22.6. The van der Waals surface area contributed by atoms with Crippen molar-refractivity contribution in [2.45, 2.75) is 26.4 Å². The van der Waals surface area contributed by atoms with Crippen molar-refractivity contribution in [2.24, 2.45) is 0 Å². The molecular formula is C26H30N6OS. The van der Waals surface area contributed by atoms with Crippen LogP contribution >= 0.6 is 11.3 Å². The number of hydrogen-bond donors (Lipinski definition) is 1. The van der Waals surface area contributed by atoms with Gasteiger partial charge in [0.2, 0.25) is 0 Å². The monoisotopic (exact) mass is 474 g/mol. The van der Waals surface area contributed by atoms with Crippen molar-refractivity contribution in [1.29, 1.82) is 0 Å². The summed E-state index contributed by atoms with van der Waals surface area (Å²) in [5, 5.41) is 10.5. The normalized spacial score (nSPS) is 15.5. The number of carbonyl (C=O) groups is 1. The number of carbonyl (C=O) groups excluding carboxylic acids is 1. The molecule has 8 heteroatoms. The Kier molecular flexibility index (Phi) is 6.60. The molecule has 1 N–H and O–H groups in total. The van der Waals surface area contributed by atoms with Crippen LogP contribution in [0, 0.1) is 6.92 Å². The van der Waals surface area contributed by atoms with Crippen molar-refractivity contribution >= 4 is 34.0 Å². The molecule has 1 aliphatic heterocycles. The molecule has 0 aliphatic carbocycles. The molecule has 3 aromatic heterocycles. The summed E-state index contributed by atoms with van der Waals surface area (Å²) in [6, 6.07) is 16.8. The molecule has 1 unspecified atom stereocenters. The highest BCUT2D eigenvalue weighted by Crippen LogP contribution is 2.21. The van der Waals surface area contributed by atoms with Gasteiger partial charge in [0.15, 0.2) is 5.65 Å². The number of para-hydroxylation sites is 1. The van der Waals surface area contributed by atoms with Gasteiger partial charge in [-0.25, -0.2) is 9.67 Å². The maximum Gasteiger partial charge on any atom is 0.252 e. The van der Waals surface area contributed by atoms with E-state index in [9.17, 15) is 4.79 Å². The quantitative estimate of drug-likeness (QED) is 0.442. The predicted molar refractivity (Wildman–Crippen MR) is 138 cm³/mol. The molecule has 1 aromatic carbocycles. The highest BCUT2D eigenvalue weighted by Gasteiger charge is 2.22. The van der Waals surface area contributed by atoms with Crippen LogP contribution in [-0.4, -0.2) is 64.3 Å². The number of amides is 1. The maximum atomic E-state index is 13.2. The number of hydrogen-bond acceptors (Lipinski definition) is 6. The number of nitrogens with zero attached hydrogens (tertiary/aromatic N) is 5. The summed E-state index contributed by atoms with van der Waals surface area (Å²) in [6.07, 6.45) is 1.76. The molecule has 34 heavy (non-hydrogen) atoms. The van der Waals surface area contributed by atoms with E-state index in [1.54, 1.807) is 17.5 Å². The first-order valence-corrected chi connectivity index (χ1v) is 12.6. The summed E-state index contributed by atoms with van der Waals surface area (Å²) >= 11 is 1.69. The van der Waals surface area contributed by atoms with Gasteiger partial charge < -0.3 is 10.2 Å². The molecule has 7 nitrogen and oxygen atoms in total. The smallest absolute Gasteiger partial charge is 0.252 e. The van der Waals surface area contributed by atoms with Crippen molar-refractivity contribution in [2.75, 3.05) is 37.6 Å². The zero-order chi connectivity index (χ0) is 23.5. The first-order chi connectivity index (χ1) is 16.6. The third-order valence-corrected chi connectivity index (χ3v) is 7.35. The van der Waals surface area contributed by atoms with Crippen LogP contribution < -0.4 is 10.2 Å². The minimum Gasteiger partial charge on any atom is -0.369 e. The molecule has 1 amide bonds. The molecule has 1 saturated heterocycles. The van der Waals surface area contributed by atoms with E-state index < -0.39 is 0 Å².